The molecule has 1 aromatic carbocycles. The zero-order valence-corrected chi connectivity index (χ0v) is 10.1. The lowest BCUT2D eigenvalue weighted by molar-refractivity contribution is -0.145. The molecule has 0 saturated heterocycles. The lowest BCUT2D eigenvalue weighted by Gasteiger charge is -2.04. The third-order valence-corrected chi connectivity index (χ3v) is 2.40. The predicted molar refractivity (Wildman–Crippen MR) is 61.4 cm³/mol. The Bertz CT molecular complexity index is 432. The van der Waals surface area contributed by atoms with E-state index in [-0.39, 0.29) is 30.3 Å². The van der Waals surface area contributed by atoms with E-state index in [2.05, 4.69) is 4.74 Å². The molecule has 0 aliphatic heterocycles. The molecule has 0 aromatic heterocycles. The van der Waals surface area contributed by atoms with Crippen molar-refractivity contribution in [1.29, 1.82) is 0 Å². The van der Waals surface area contributed by atoms with Gasteiger partial charge in [-0.15, -0.1) is 0 Å². The van der Waals surface area contributed by atoms with Crippen LogP contribution in [-0.4, -0.2) is 18.4 Å². The molecule has 0 radical (unpaired) electrons. The van der Waals surface area contributed by atoms with Gasteiger partial charge in [0.25, 0.3) is 0 Å². The minimum Gasteiger partial charge on any atom is -0.466 e. The van der Waals surface area contributed by atoms with E-state index in [1.54, 1.807) is 6.92 Å². The Morgan fingerprint density at radius 3 is 2.71 bits per heavy atom. The molecule has 0 spiro atoms. The maximum Gasteiger partial charge on any atom is 0.313 e. The lowest BCUT2D eigenvalue weighted by Crippen LogP contribution is -2.13. The second-order valence-electron chi connectivity index (χ2n) is 3.43. The van der Waals surface area contributed by atoms with Crippen LogP contribution in [-0.2, 0) is 20.7 Å². The van der Waals surface area contributed by atoms with Gasteiger partial charge >= 0.3 is 5.97 Å². The number of ketones is 1. The molecule has 1 rings (SSSR count). The fourth-order valence-electron chi connectivity index (χ4n) is 1.31. The van der Waals surface area contributed by atoms with Crippen LogP contribution in [0.3, 0.4) is 0 Å². The summed E-state index contributed by atoms with van der Waals surface area (Å²) in [7, 11) is 0. The van der Waals surface area contributed by atoms with Crippen molar-refractivity contribution in [2.75, 3.05) is 6.61 Å². The molecule has 17 heavy (non-hydrogen) atoms. The van der Waals surface area contributed by atoms with E-state index in [4.69, 9.17) is 11.6 Å². The molecule has 0 aliphatic rings. The van der Waals surface area contributed by atoms with Gasteiger partial charge in [-0.3, -0.25) is 9.59 Å². The van der Waals surface area contributed by atoms with Gasteiger partial charge in [0.05, 0.1) is 6.61 Å². The largest absolute Gasteiger partial charge is 0.466 e. The van der Waals surface area contributed by atoms with Crippen LogP contribution in [0.5, 0.6) is 0 Å². The third kappa shape index (κ3) is 4.53. The van der Waals surface area contributed by atoms with Gasteiger partial charge in [0.2, 0.25) is 0 Å². The van der Waals surface area contributed by atoms with Crippen molar-refractivity contribution in [3.63, 3.8) is 0 Å². The summed E-state index contributed by atoms with van der Waals surface area (Å²) in [6, 6.07) is 3.79. The van der Waals surface area contributed by atoms with E-state index >= 15 is 0 Å². The Morgan fingerprint density at radius 1 is 1.41 bits per heavy atom. The predicted octanol–water partition coefficient (Wildman–Crippen LogP) is 2.54. The minimum atomic E-state index is -0.560. The molecule has 0 bridgehead atoms. The van der Waals surface area contributed by atoms with Gasteiger partial charge in [-0.1, -0.05) is 17.7 Å². The average molecular weight is 259 g/mol. The highest BCUT2D eigenvalue weighted by molar-refractivity contribution is 6.31. The highest BCUT2D eigenvalue weighted by Gasteiger charge is 2.13. The molecule has 0 amide bonds. The monoisotopic (exact) mass is 258 g/mol. The summed E-state index contributed by atoms with van der Waals surface area (Å²) in [5.74, 6) is -1.33. The van der Waals surface area contributed by atoms with Crippen LogP contribution < -0.4 is 0 Å². The normalized spacial score (nSPS) is 10.1. The first kappa shape index (κ1) is 13.6. The number of halogens is 2. The molecule has 3 nitrogen and oxygen atoms in total. The van der Waals surface area contributed by atoms with E-state index in [9.17, 15) is 14.0 Å². The van der Waals surface area contributed by atoms with Gasteiger partial charge < -0.3 is 4.74 Å². The van der Waals surface area contributed by atoms with Crippen LogP contribution in [0.2, 0.25) is 5.02 Å². The molecule has 92 valence electrons. The van der Waals surface area contributed by atoms with Gasteiger partial charge in [-0.05, 0) is 24.6 Å². The van der Waals surface area contributed by atoms with E-state index in [1.165, 1.54) is 12.1 Å². The third-order valence-electron chi connectivity index (χ3n) is 2.05. The van der Waals surface area contributed by atoms with Crippen molar-refractivity contribution in [3.05, 3.63) is 34.6 Å². The fourth-order valence-corrected chi connectivity index (χ4v) is 1.55. The maximum absolute atomic E-state index is 12.8. The summed E-state index contributed by atoms with van der Waals surface area (Å²) in [6.45, 7) is 1.91. The Morgan fingerprint density at radius 2 is 2.12 bits per heavy atom. The van der Waals surface area contributed by atoms with Gasteiger partial charge in [0, 0.05) is 11.4 Å². The quantitative estimate of drug-likeness (QED) is 0.602. The molecule has 0 heterocycles. The number of hydrogen-bond acceptors (Lipinski definition) is 3. The van der Waals surface area contributed by atoms with Crippen LogP contribution in [0.25, 0.3) is 0 Å². The molecule has 0 fully saturated rings. The first-order chi connectivity index (χ1) is 8.02. The molecule has 0 unspecified atom stereocenters. The van der Waals surface area contributed by atoms with Crippen LogP contribution in [0, 0.1) is 5.82 Å². The number of ether oxygens (including phenoxy) is 1. The van der Waals surface area contributed by atoms with Crippen molar-refractivity contribution in [3.8, 4) is 0 Å². The second kappa shape index (κ2) is 6.35. The van der Waals surface area contributed by atoms with Crippen molar-refractivity contribution in [2.45, 2.75) is 19.8 Å². The summed E-state index contributed by atoms with van der Waals surface area (Å²) >= 11 is 5.76. The first-order valence-corrected chi connectivity index (χ1v) is 5.52. The number of esters is 1. The smallest absolute Gasteiger partial charge is 0.313 e. The second-order valence-corrected chi connectivity index (χ2v) is 3.84. The van der Waals surface area contributed by atoms with Crippen LogP contribution >= 0.6 is 11.6 Å². The van der Waals surface area contributed by atoms with Crippen molar-refractivity contribution in [1.82, 2.24) is 0 Å². The summed E-state index contributed by atoms with van der Waals surface area (Å²) in [4.78, 5) is 22.5. The Kier molecular flexibility index (Phi) is 5.10. The highest BCUT2D eigenvalue weighted by atomic mass is 35.5. The Balaban J connectivity index is 2.59. The number of benzene rings is 1. The SMILES string of the molecule is CCOC(=O)CC(=O)Cc1ccc(F)cc1Cl. The van der Waals surface area contributed by atoms with Crippen molar-refractivity contribution < 1.29 is 18.7 Å². The topological polar surface area (TPSA) is 43.4 Å². The molecule has 1 aromatic rings. The number of hydrogen-bond donors (Lipinski definition) is 0. The van der Waals surface area contributed by atoms with Crippen LogP contribution in [0.1, 0.15) is 18.9 Å². The lowest BCUT2D eigenvalue weighted by atomic mass is 10.1. The van der Waals surface area contributed by atoms with Gasteiger partial charge in [0.15, 0.2) is 0 Å². The summed E-state index contributed by atoms with van der Waals surface area (Å²) in [5, 5.41) is 0.183. The minimum absolute atomic E-state index is 0.00206. The van der Waals surface area contributed by atoms with E-state index in [0.717, 1.165) is 6.07 Å². The first-order valence-electron chi connectivity index (χ1n) is 5.14. The molecular formula is C12H12ClFO3. The Hall–Kier alpha value is -1.42. The van der Waals surface area contributed by atoms with Crippen LogP contribution in [0.4, 0.5) is 4.39 Å². The van der Waals surface area contributed by atoms with E-state index in [0.29, 0.717) is 5.56 Å². The number of carbonyl (C=O) groups excluding carboxylic acids is 2. The van der Waals surface area contributed by atoms with Gasteiger partial charge in [-0.2, -0.15) is 0 Å². The summed E-state index contributed by atoms with van der Waals surface area (Å²) in [5.41, 5.74) is 0.502. The van der Waals surface area contributed by atoms with Gasteiger partial charge in [-0.25, -0.2) is 4.39 Å². The fraction of sp³-hybridized carbons (Fsp3) is 0.333. The number of carbonyl (C=O) groups is 2. The zero-order valence-electron chi connectivity index (χ0n) is 9.33. The van der Waals surface area contributed by atoms with Crippen molar-refractivity contribution >= 4 is 23.4 Å². The Labute approximate surface area is 104 Å². The van der Waals surface area contributed by atoms with E-state index < -0.39 is 11.8 Å². The van der Waals surface area contributed by atoms with Crippen molar-refractivity contribution in [2.24, 2.45) is 0 Å². The van der Waals surface area contributed by atoms with Gasteiger partial charge in [0.1, 0.15) is 18.0 Å². The summed E-state index contributed by atoms with van der Waals surface area (Å²) in [6.07, 6.45) is -0.292. The standard InChI is InChI=1S/C12H12ClFO3/c1-2-17-12(16)7-10(15)5-8-3-4-9(14)6-11(8)13/h3-4,6H,2,5,7H2,1H3. The maximum atomic E-state index is 12.8. The van der Waals surface area contributed by atoms with Crippen LogP contribution in [0.15, 0.2) is 18.2 Å². The van der Waals surface area contributed by atoms with E-state index in [1.807, 2.05) is 0 Å². The molecule has 5 heteroatoms. The molecule has 0 N–H and O–H groups in total. The molecule has 0 saturated carbocycles. The average Bonchev–Trinajstić information content (AvgIpc) is 2.22. The summed E-state index contributed by atoms with van der Waals surface area (Å²) < 4.78 is 17.4. The number of Topliss-reactive ketones (excluding diaryl/α,β-unsaturated/α-hetero) is 1. The molecule has 0 aliphatic carbocycles. The number of rotatable bonds is 5. The molecular weight excluding hydrogens is 247 g/mol. The highest BCUT2D eigenvalue weighted by Crippen LogP contribution is 2.18. The zero-order chi connectivity index (χ0) is 12.8. The molecule has 0 atom stereocenters.